The van der Waals surface area contributed by atoms with Crippen LogP contribution in [0.3, 0.4) is 0 Å². The standard InChI is InChI=1S/C13H19BN2O3/c1-13(2)10-18-14(19-13)16(12(17)15(3)4)11-8-6-5-7-9-11/h5-9H,10H2,1-4H3. The third kappa shape index (κ3) is 3.08. The van der Waals surface area contributed by atoms with E-state index in [1.807, 2.05) is 44.2 Å². The molecule has 6 heteroatoms. The molecule has 1 saturated heterocycles. The fourth-order valence-corrected chi connectivity index (χ4v) is 1.87. The maximum atomic E-state index is 12.3. The lowest BCUT2D eigenvalue weighted by atomic mass is 10.0. The number of carbonyl (C=O) groups is 1. The predicted octanol–water partition coefficient (Wildman–Crippen LogP) is 1.98. The quantitative estimate of drug-likeness (QED) is 0.765. The van der Waals surface area contributed by atoms with Gasteiger partial charge in [-0.05, 0) is 26.0 Å². The van der Waals surface area contributed by atoms with Gasteiger partial charge in [-0.1, -0.05) is 18.2 Å². The van der Waals surface area contributed by atoms with Gasteiger partial charge in [0.2, 0.25) is 0 Å². The molecule has 102 valence electrons. The third-order valence-electron chi connectivity index (χ3n) is 2.83. The van der Waals surface area contributed by atoms with Crippen molar-refractivity contribution >= 4 is 19.0 Å². The average molecular weight is 262 g/mol. The Morgan fingerprint density at radius 2 is 1.89 bits per heavy atom. The van der Waals surface area contributed by atoms with E-state index in [0.717, 1.165) is 5.69 Å². The fraction of sp³-hybridized carbons (Fsp3) is 0.462. The van der Waals surface area contributed by atoms with E-state index in [-0.39, 0.29) is 11.6 Å². The van der Waals surface area contributed by atoms with Gasteiger partial charge in [0.05, 0.1) is 12.2 Å². The van der Waals surface area contributed by atoms with Crippen molar-refractivity contribution in [1.82, 2.24) is 4.90 Å². The number of urea groups is 1. The summed E-state index contributed by atoms with van der Waals surface area (Å²) in [6, 6.07) is 9.21. The summed E-state index contributed by atoms with van der Waals surface area (Å²) in [6.07, 6.45) is 0. The van der Waals surface area contributed by atoms with E-state index < -0.39 is 7.25 Å². The van der Waals surface area contributed by atoms with E-state index in [4.69, 9.17) is 9.31 Å². The van der Waals surface area contributed by atoms with Crippen LogP contribution in [-0.4, -0.2) is 44.5 Å². The molecule has 1 heterocycles. The Hall–Kier alpha value is -1.53. The summed E-state index contributed by atoms with van der Waals surface area (Å²) >= 11 is 0. The van der Waals surface area contributed by atoms with Crippen molar-refractivity contribution in [3.8, 4) is 0 Å². The second kappa shape index (κ2) is 5.23. The van der Waals surface area contributed by atoms with Crippen molar-refractivity contribution in [3.63, 3.8) is 0 Å². The summed E-state index contributed by atoms with van der Waals surface area (Å²) in [5, 5.41) is 0. The highest BCUT2D eigenvalue weighted by Crippen LogP contribution is 2.26. The zero-order valence-corrected chi connectivity index (χ0v) is 11.8. The molecule has 0 spiro atoms. The highest BCUT2D eigenvalue weighted by Gasteiger charge is 2.45. The molecule has 0 aromatic heterocycles. The summed E-state index contributed by atoms with van der Waals surface area (Å²) in [4.78, 5) is 15.4. The molecule has 1 aliphatic rings. The van der Waals surface area contributed by atoms with Crippen LogP contribution in [0.1, 0.15) is 13.8 Å². The van der Waals surface area contributed by atoms with Crippen LogP contribution < -0.4 is 4.81 Å². The van der Waals surface area contributed by atoms with Gasteiger partial charge in [-0.3, -0.25) is 4.81 Å². The van der Waals surface area contributed by atoms with Crippen molar-refractivity contribution in [1.29, 1.82) is 0 Å². The number of anilines is 1. The summed E-state index contributed by atoms with van der Waals surface area (Å²) in [6.45, 7) is 4.34. The summed E-state index contributed by atoms with van der Waals surface area (Å²) < 4.78 is 11.4. The van der Waals surface area contributed by atoms with Crippen molar-refractivity contribution in [3.05, 3.63) is 30.3 Å². The molecule has 2 rings (SSSR count). The summed E-state index contributed by atoms with van der Waals surface area (Å²) in [5.41, 5.74) is 0.369. The van der Waals surface area contributed by atoms with Gasteiger partial charge < -0.3 is 14.2 Å². The Bertz CT molecular complexity index is 450. The molecule has 0 unspecified atom stereocenters. The summed E-state index contributed by atoms with van der Waals surface area (Å²) in [5.74, 6) is 0. The number of rotatable bonds is 2. The average Bonchev–Trinajstić information content (AvgIpc) is 2.71. The van der Waals surface area contributed by atoms with E-state index in [1.165, 1.54) is 9.71 Å². The molecule has 0 aliphatic carbocycles. The molecular formula is C13H19BN2O3. The van der Waals surface area contributed by atoms with Crippen LogP contribution >= 0.6 is 0 Å². The molecule has 2 amide bonds. The molecule has 1 aromatic rings. The number of hydrogen-bond donors (Lipinski definition) is 0. The van der Waals surface area contributed by atoms with Crippen LogP contribution in [0.2, 0.25) is 0 Å². The first-order valence-electron chi connectivity index (χ1n) is 6.26. The molecule has 0 radical (unpaired) electrons. The van der Waals surface area contributed by atoms with E-state index in [0.29, 0.717) is 6.61 Å². The van der Waals surface area contributed by atoms with E-state index in [1.54, 1.807) is 14.1 Å². The topological polar surface area (TPSA) is 42.0 Å². The number of amides is 2. The Morgan fingerprint density at radius 3 is 2.37 bits per heavy atom. The maximum absolute atomic E-state index is 12.3. The van der Waals surface area contributed by atoms with Gasteiger partial charge in [-0.15, -0.1) is 0 Å². The SMILES string of the molecule is CN(C)C(=O)N(B1OCC(C)(C)O1)c1ccccc1. The molecule has 19 heavy (non-hydrogen) atoms. The lowest BCUT2D eigenvalue weighted by molar-refractivity contribution is 0.135. The normalized spacial score (nSPS) is 17.4. The number of carbonyl (C=O) groups excluding carboxylic acids is 1. The second-order valence-electron chi connectivity index (χ2n) is 5.38. The molecule has 1 aliphatic heterocycles. The maximum Gasteiger partial charge on any atom is 0.602 e. The fourth-order valence-electron chi connectivity index (χ4n) is 1.87. The molecule has 5 nitrogen and oxygen atoms in total. The van der Waals surface area contributed by atoms with Crippen molar-refractivity contribution in [2.75, 3.05) is 25.5 Å². The van der Waals surface area contributed by atoms with Crippen LogP contribution in [-0.2, 0) is 9.31 Å². The van der Waals surface area contributed by atoms with Crippen molar-refractivity contribution < 1.29 is 14.1 Å². The van der Waals surface area contributed by atoms with E-state index >= 15 is 0 Å². The van der Waals surface area contributed by atoms with Gasteiger partial charge in [0.15, 0.2) is 0 Å². The Morgan fingerprint density at radius 1 is 1.26 bits per heavy atom. The van der Waals surface area contributed by atoms with E-state index in [2.05, 4.69) is 0 Å². The number of nitrogens with zero attached hydrogens (tertiary/aromatic N) is 2. The van der Waals surface area contributed by atoms with Gasteiger partial charge in [-0.2, -0.15) is 0 Å². The van der Waals surface area contributed by atoms with Crippen LogP contribution in [0.4, 0.5) is 10.5 Å². The second-order valence-corrected chi connectivity index (χ2v) is 5.38. The lowest BCUT2D eigenvalue weighted by Gasteiger charge is -2.28. The lowest BCUT2D eigenvalue weighted by Crippen LogP contribution is -2.50. The minimum absolute atomic E-state index is 0.172. The number of benzene rings is 1. The van der Waals surface area contributed by atoms with Crippen LogP contribution in [0.15, 0.2) is 30.3 Å². The smallest absolute Gasteiger partial charge is 0.389 e. The zero-order valence-electron chi connectivity index (χ0n) is 11.8. The molecule has 0 saturated carbocycles. The Balaban J connectivity index is 2.28. The minimum atomic E-state index is -0.688. The van der Waals surface area contributed by atoms with Gasteiger partial charge in [0.25, 0.3) is 0 Å². The Labute approximate surface area is 114 Å². The molecule has 0 atom stereocenters. The van der Waals surface area contributed by atoms with Crippen molar-refractivity contribution in [2.24, 2.45) is 0 Å². The van der Waals surface area contributed by atoms with Gasteiger partial charge >= 0.3 is 13.3 Å². The van der Waals surface area contributed by atoms with Crippen molar-refractivity contribution in [2.45, 2.75) is 19.4 Å². The highest BCUT2D eigenvalue weighted by atomic mass is 16.7. The third-order valence-corrected chi connectivity index (χ3v) is 2.83. The van der Waals surface area contributed by atoms with Crippen LogP contribution in [0, 0.1) is 0 Å². The zero-order chi connectivity index (χ0) is 14.0. The minimum Gasteiger partial charge on any atom is -0.389 e. The predicted molar refractivity (Wildman–Crippen MR) is 74.9 cm³/mol. The monoisotopic (exact) mass is 262 g/mol. The molecule has 1 aromatic carbocycles. The molecular weight excluding hydrogens is 243 g/mol. The molecule has 0 bridgehead atoms. The highest BCUT2D eigenvalue weighted by molar-refractivity contribution is 6.56. The summed E-state index contributed by atoms with van der Waals surface area (Å²) in [7, 11) is 2.73. The van der Waals surface area contributed by atoms with Gasteiger partial charge in [0.1, 0.15) is 0 Å². The van der Waals surface area contributed by atoms with Gasteiger partial charge in [0, 0.05) is 19.8 Å². The van der Waals surface area contributed by atoms with E-state index in [9.17, 15) is 4.79 Å². The van der Waals surface area contributed by atoms with Crippen LogP contribution in [0.25, 0.3) is 0 Å². The van der Waals surface area contributed by atoms with Crippen LogP contribution in [0.5, 0.6) is 0 Å². The van der Waals surface area contributed by atoms with Gasteiger partial charge in [-0.25, -0.2) is 4.79 Å². The first-order chi connectivity index (χ1) is 8.91. The largest absolute Gasteiger partial charge is 0.602 e. The number of para-hydroxylation sites is 1. The Kier molecular flexibility index (Phi) is 3.82. The molecule has 1 fully saturated rings. The number of hydrogen-bond acceptors (Lipinski definition) is 3. The first-order valence-corrected chi connectivity index (χ1v) is 6.26. The first kappa shape index (κ1) is 13.9. The molecule has 0 N–H and O–H groups in total.